The van der Waals surface area contributed by atoms with E-state index in [2.05, 4.69) is 4.90 Å². The van der Waals surface area contributed by atoms with Crippen molar-refractivity contribution in [1.82, 2.24) is 4.90 Å². The number of likely N-dealkylation sites (tertiary alicyclic amines) is 1. The van der Waals surface area contributed by atoms with E-state index in [0.717, 1.165) is 30.4 Å². The van der Waals surface area contributed by atoms with Crippen molar-refractivity contribution >= 4 is 39.9 Å². The van der Waals surface area contributed by atoms with Crippen LogP contribution in [0.4, 0.5) is 0 Å². The quantitative estimate of drug-likeness (QED) is 0.219. The molecule has 8 heteroatoms. The minimum atomic E-state index is -3.99. The van der Waals surface area contributed by atoms with Crippen LogP contribution in [0, 0.1) is 0 Å². The highest BCUT2D eigenvalue weighted by atomic mass is 35.5. The van der Waals surface area contributed by atoms with Crippen LogP contribution in [0.1, 0.15) is 54.1 Å². The fourth-order valence-electron chi connectivity index (χ4n) is 4.74. The molecule has 5 nitrogen and oxygen atoms in total. The highest BCUT2D eigenvalue weighted by Crippen LogP contribution is 2.34. The summed E-state index contributed by atoms with van der Waals surface area (Å²) in [5.74, 6) is 0.129. The van der Waals surface area contributed by atoms with Crippen molar-refractivity contribution < 1.29 is 17.4 Å². The summed E-state index contributed by atoms with van der Waals surface area (Å²) < 4.78 is 32.0. The lowest BCUT2D eigenvalue weighted by atomic mass is 9.88. The molecule has 1 aliphatic heterocycles. The van der Waals surface area contributed by atoms with Crippen LogP contribution in [-0.4, -0.2) is 38.2 Å². The Hall–Kier alpha value is -2.22. The van der Waals surface area contributed by atoms with Gasteiger partial charge in [0.15, 0.2) is 5.78 Å². The first kappa shape index (κ1) is 28.4. The lowest BCUT2D eigenvalue weighted by molar-refractivity contribution is 0.0626. The fourth-order valence-corrected chi connectivity index (χ4v) is 5.94. The largest absolute Gasteiger partial charge is 0.300 e. The number of carbonyl (C=O) groups is 1. The predicted octanol–water partition coefficient (Wildman–Crippen LogP) is 6.72. The van der Waals surface area contributed by atoms with Crippen molar-refractivity contribution in [2.45, 2.75) is 55.2 Å². The summed E-state index contributed by atoms with van der Waals surface area (Å²) >= 11 is 5.93. The average molecular weight is 549 g/mol. The predicted molar refractivity (Wildman–Crippen MR) is 145 cm³/mol. The van der Waals surface area contributed by atoms with Crippen LogP contribution in [0.15, 0.2) is 89.8 Å². The number of benzene rings is 3. The van der Waals surface area contributed by atoms with E-state index in [0.29, 0.717) is 17.9 Å². The van der Waals surface area contributed by atoms with Crippen LogP contribution < -0.4 is 0 Å². The minimum absolute atomic E-state index is 0. The highest BCUT2D eigenvalue weighted by Gasteiger charge is 2.33. The summed E-state index contributed by atoms with van der Waals surface area (Å²) in [5.41, 5.74) is 1.53. The fraction of sp³-hybridized carbons (Fsp3) is 0.321. The zero-order valence-corrected chi connectivity index (χ0v) is 22.5. The Labute approximate surface area is 225 Å². The SMILES string of the molecule is CN1[C@@H](CC(=O)c2ccccc2)CCC[C@H]1C[C@H](OS(=O)(=O)c1ccc(Cl)cc1)c1ccccc1.Cl. The molecule has 1 heterocycles. The maximum absolute atomic E-state index is 13.1. The van der Waals surface area contributed by atoms with Gasteiger partial charge in [0, 0.05) is 29.1 Å². The molecule has 1 fully saturated rings. The Bertz CT molecular complexity index is 1220. The molecule has 0 bridgehead atoms. The van der Waals surface area contributed by atoms with Gasteiger partial charge in [-0.1, -0.05) is 78.7 Å². The van der Waals surface area contributed by atoms with Gasteiger partial charge in [-0.15, -0.1) is 12.4 Å². The molecule has 0 unspecified atom stereocenters. The Balaban J connectivity index is 0.00000361. The molecule has 0 amide bonds. The van der Waals surface area contributed by atoms with E-state index in [4.69, 9.17) is 15.8 Å². The molecule has 4 rings (SSSR count). The Morgan fingerprint density at radius 2 is 1.53 bits per heavy atom. The van der Waals surface area contributed by atoms with Crippen molar-refractivity contribution in [3.8, 4) is 0 Å². The van der Waals surface area contributed by atoms with Crippen molar-refractivity contribution in [1.29, 1.82) is 0 Å². The number of piperidine rings is 1. The molecule has 0 saturated carbocycles. The first-order valence-corrected chi connectivity index (χ1v) is 13.7. The molecule has 36 heavy (non-hydrogen) atoms. The summed E-state index contributed by atoms with van der Waals surface area (Å²) in [6, 6.07) is 25.0. The molecule has 0 aromatic heterocycles. The van der Waals surface area contributed by atoms with Gasteiger partial charge in [-0.25, -0.2) is 0 Å². The van der Waals surface area contributed by atoms with E-state index in [1.54, 1.807) is 12.1 Å². The molecule has 192 valence electrons. The number of hydrogen-bond donors (Lipinski definition) is 0. The Kier molecular flexibility index (Phi) is 10.1. The molecule has 1 aliphatic rings. The second-order valence-electron chi connectivity index (χ2n) is 9.04. The number of Topliss-reactive ketones (excluding diaryl/α,β-unsaturated/α-hetero) is 1. The topological polar surface area (TPSA) is 63.7 Å². The molecule has 0 N–H and O–H groups in total. The van der Waals surface area contributed by atoms with Gasteiger partial charge < -0.3 is 0 Å². The molecule has 3 aromatic rings. The summed E-state index contributed by atoms with van der Waals surface area (Å²) in [5, 5.41) is 0.462. The second kappa shape index (κ2) is 12.8. The maximum Gasteiger partial charge on any atom is 0.297 e. The van der Waals surface area contributed by atoms with Crippen LogP contribution in [0.3, 0.4) is 0 Å². The molecule has 3 aromatic carbocycles. The Morgan fingerprint density at radius 3 is 2.17 bits per heavy atom. The van der Waals surface area contributed by atoms with Gasteiger partial charge in [0.2, 0.25) is 0 Å². The monoisotopic (exact) mass is 547 g/mol. The van der Waals surface area contributed by atoms with Crippen LogP contribution in [-0.2, 0) is 14.3 Å². The van der Waals surface area contributed by atoms with Crippen molar-refractivity contribution in [3.05, 3.63) is 101 Å². The zero-order valence-electron chi connectivity index (χ0n) is 20.1. The van der Waals surface area contributed by atoms with E-state index in [1.165, 1.54) is 12.1 Å². The number of halogens is 2. The first-order valence-electron chi connectivity index (χ1n) is 11.9. The molecule has 0 spiro atoms. The summed E-state index contributed by atoms with van der Waals surface area (Å²) in [7, 11) is -1.96. The Morgan fingerprint density at radius 1 is 0.944 bits per heavy atom. The lowest BCUT2D eigenvalue weighted by Crippen LogP contribution is -2.45. The number of rotatable bonds is 9. The van der Waals surface area contributed by atoms with Crippen molar-refractivity contribution in [2.75, 3.05) is 7.05 Å². The van der Waals surface area contributed by atoms with Crippen LogP contribution >= 0.6 is 24.0 Å². The molecule has 0 aliphatic carbocycles. The standard InChI is InChI=1S/C28H30ClNO4S.ClH/c1-30-24(19-27(31)21-9-4-2-5-10-21)13-8-14-25(30)20-28(22-11-6-3-7-12-22)34-35(32,33)26-17-15-23(29)16-18-26;/h2-7,9-12,15-18,24-25,28H,8,13-14,19-20H2,1H3;1H/t24-,25+,28+;/m1./s1. The van der Waals surface area contributed by atoms with Gasteiger partial charge >= 0.3 is 0 Å². The number of hydrogen-bond acceptors (Lipinski definition) is 5. The number of ketones is 1. The van der Waals surface area contributed by atoms with Crippen LogP contribution in [0.5, 0.6) is 0 Å². The minimum Gasteiger partial charge on any atom is -0.300 e. The second-order valence-corrected chi connectivity index (χ2v) is 11.0. The third kappa shape index (κ3) is 7.17. The van der Waals surface area contributed by atoms with Gasteiger partial charge in [-0.05, 0) is 56.1 Å². The third-order valence-corrected chi connectivity index (χ3v) is 8.33. The van der Waals surface area contributed by atoms with Gasteiger partial charge in [0.1, 0.15) is 6.10 Å². The van der Waals surface area contributed by atoms with Gasteiger partial charge in [0.25, 0.3) is 10.1 Å². The average Bonchev–Trinajstić information content (AvgIpc) is 2.87. The summed E-state index contributed by atoms with van der Waals surface area (Å²) in [6.07, 6.45) is 3.13. The van der Waals surface area contributed by atoms with Crippen molar-refractivity contribution in [2.24, 2.45) is 0 Å². The molecule has 0 radical (unpaired) electrons. The molecule has 3 atom stereocenters. The van der Waals surface area contributed by atoms with Crippen LogP contribution in [0.2, 0.25) is 5.02 Å². The number of carbonyl (C=O) groups excluding carboxylic acids is 1. The smallest absolute Gasteiger partial charge is 0.297 e. The van der Waals surface area contributed by atoms with Gasteiger partial charge in [-0.2, -0.15) is 8.42 Å². The first-order chi connectivity index (χ1) is 16.8. The van der Waals surface area contributed by atoms with E-state index >= 15 is 0 Å². The van der Waals surface area contributed by atoms with E-state index in [9.17, 15) is 13.2 Å². The van der Waals surface area contributed by atoms with E-state index in [1.807, 2.05) is 67.7 Å². The summed E-state index contributed by atoms with van der Waals surface area (Å²) in [4.78, 5) is 15.1. The third-order valence-electron chi connectivity index (χ3n) is 6.75. The van der Waals surface area contributed by atoms with E-state index in [-0.39, 0.29) is 35.2 Å². The maximum atomic E-state index is 13.1. The normalized spacial score (nSPS) is 19.3. The lowest BCUT2D eigenvalue weighted by Gasteiger charge is -2.40. The molecular weight excluding hydrogens is 517 g/mol. The summed E-state index contributed by atoms with van der Waals surface area (Å²) in [6.45, 7) is 0. The molecule has 1 saturated heterocycles. The highest BCUT2D eigenvalue weighted by molar-refractivity contribution is 7.86. The molecular formula is C28H31Cl2NO4S. The van der Waals surface area contributed by atoms with Crippen molar-refractivity contribution in [3.63, 3.8) is 0 Å². The number of nitrogens with zero attached hydrogens (tertiary/aromatic N) is 1. The van der Waals surface area contributed by atoms with Crippen LogP contribution in [0.25, 0.3) is 0 Å². The zero-order chi connectivity index (χ0) is 24.8. The van der Waals surface area contributed by atoms with Gasteiger partial charge in [-0.3, -0.25) is 13.9 Å². The van der Waals surface area contributed by atoms with E-state index < -0.39 is 16.2 Å². The van der Waals surface area contributed by atoms with Gasteiger partial charge in [0.05, 0.1) is 4.90 Å².